The zero-order valence-corrected chi connectivity index (χ0v) is 8.05. The second-order valence-electron chi connectivity index (χ2n) is 3.59. The Morgan fingerprint density at radius 3 is 2.50 bits per heavy atom. The van der Waals surface area contributed by atoms with Crippen LogP contribution in [0.15, 0.2) is 0 Å². The molecule has 0 rings (SSSR count). The highest BCUT2D eigenvalue weighted by molar-refractivity contribution is 5.70. The summed E-state index contributed by atoms with van der Waals surface area (Å²) in [5.74, 6) is -0.404. The maximum Gasteiger partial charge on any atom is 0.306 e. The molecule has 0 bridgehead atoms. The lowest BCUT2D eigenvalue weighted by Gasteiger charge is -2.25. The Kier molecular flexibility index (Phi) is 3.75. The molecule has 12 heavy (non-hydrogen) atoms. The number of esters is 1. The Balaban J connectivity index is 4.23. The minimum absolute atomic E-state index is 0.142. The summed E-state index contributed by atoms with van der Waals surface area (Å²) < 4.78 is 4.53. The predicted octanol–water partition coefficient (Wildman–Crippen LogP) is 1.74. The van der Waals surface area contributed by atoms with E-state index in [0.29, 0.717) is 0 Å². The van der Waals surface area contributed by atoms with Crippen molar-refractivity contribution in [1.29, 1.82) is 5.26 Å². The summed E-state index contributed by atoms with van der Waals surface area (Å²) in [7, 11) is 1.36. The van der Waals surface area contributed by atoms with Crippen LogP contribution in [0.5, 0.6) is 0 Å². The molecular weight excluding hydrogens is 154 g/mol. The van der Waals surface area contributed by atoms with E-state index in [1.54, 1.807) is 0 Å². The topological polar surface area (TPSA) is 50.1 Å². The summed E-state index contributed by atoms with van der Waals surface area (Å²) in [6.45, 7) is 5.58. The Bertz CT molecular complexity index is 203. The van der Waals surface area contributed by atoms with Crippen molar-refractivity contribution < 1.29 is 9.53 Å². The van der Waals surface area contributed by atoms with Gasteiger partial charge in [-0.3, -0.25) is 4.79 Å². The summed E-state index contributed by atoms with van der Waals surface area (Å²) in [4.78, 5) is 10.9. The van der Waals surface area contributed by atoms with Crippen LogP contribution in [0.2, 0.25) is 0 Å². The number of nitriles is 1. The van der Waals surface area contributed by atoms with Gasteiger partial charge in [0.05, 0.1) is 19.6 Å². The van der Waals surface area contributed by atoms with Crippen molar-refractivity contribution in [2.75, 3.05) is 7.11 Å². The molecule has 0 aromatic heterocycles. The highest BCUT2D eigenvalue weighted by atomic mass is 16.5. The van der Waals surface area contributed by atoms with Crippen LogP contribution in [-0.4, -0.2) is 13.1 Å². The van der Waals surface area contributed by atoms with E-state index in [9.17, 15) is 4.79 Å². The van der Waals surface area contributed by atoms with Gasteiger partial charge in [-0.25, -0.2) is 0 Å². The smallest absolute Gasteiger partial charge is 0.306 e. The summed E-state index contributed by atoms with van der Waals surface area (Å²) in [6.07, 6.45) is 0.290. The maximum atomic E-state index is 10.9. The number of carbonyl (C=O) groups excluding carboxylic acids is 1. The normalized spacial score (nSPS) is 13.2. The van der Waals surface area contributed by atoms with Gasteiger partial charge >= 0.3 is 5.97 Å². The number of hydrogen-bond donors (Lipinski definition) is 0. The quantitative estimate of drug-likeness (QED) is 0.604. The molecule has 0 spiro atoms. The van der Waals surface area contributed by atoms with Crippen LogP contribution in [-0.2, 0) is 9.53 Å². The van der Waals surface area contributed by atoms with Gasteiger partial charge in [-0.05, 0) is 12.3 Å². The third kappa shape index (κ3) is 2.91. The van der Waals surface area contributed by atoms with Crippen molar-refractivity contribution >= 4 is 5.97 Å². The van der Waals surface area contributed by atoms with Crippen molar-refractivity contribution in [3.8, 4) is 6.07 Å². The number of nitrogens with zero attached hydrogens (tertiary/aromatic N) is 1. The van der Waals surface area contributed by atoms with E-state index in [1.807, 2.05) is 20.8 Å². The zero-order valence-electron chi connectivity index (χ0n) is 8.05. The molecular formula is C9H15NO2. The summed E-state index contributed by atoms with van der Waals surface area (Å²) in [6, 6.07) is 2.13. The fourth-order valence-corrected chi connectivity index (χ4v) is 0.772. The van der Waals surface area contributed by atoms with Gasteiger partial charge in [-0.2, -0.15) is 5.26 Å². The van der Waals surface area contributed by atoms with Crippen molar-refractivity contribution in [1.82, 2.24) is 0 Å². The second-order valence-corrected chi connectivity index (χ2v) is 3.59. The minimum Gasteiger partial charge on any atom is -0.469 e. The van der Waals surface area contributed by atoms with Crippen molar-refractivity contribution in [3.05, 3.63) is 0 Å². The van der Waals surface area contributed by atoms with E-state index < -0.39 is 0 Å². The second kappa shape index (κ2) is 4.10. The SMILES string of the molecule is COC(=O)CC(C)(C)C(C)C#N. The van der Waals surface area contributed by atoms with E-state index in [1.165, 1.54) is 7.11 Å². The fraction of sp³-hybridized carbons (Fsp3) is 0.778. The van der Waals surface area contributed by atoms with E-state index >= 15 is 0 Å². The van der Waals surface area contributed by atoms with Gasteiger partial charge in [0.25, 0.3) is 0 Å². The van der Waals surface area contributed by atoms with Crippen molar-refractivity contribution in [3.63, 3.8) is 0 Å². The molecule has 0 N–H and O–H groups in total. The van der Waals surface area contributed by atoms with Gasteiger partial charge in [-0.1, -0.05) is 13.8 Å². The molecule has 0 aliphatic rings. The van der Waals surface area contributed by atoms with Crippen LogP contribution in [0, 0.1) is 22.7 Å². The lowest BCUT2D eigenvalue weighted by molar-refractivity contribution is -0.143. The third-order valence-electron chi connectivity index (χ3n) is 2.19. The molecule has 3 heteroatoms. The molecule has 0 fully saturated rings. The zero-order chi connectivity index (χ0) is 9.78. The van der Waals surface area contributed by atoms with E-state index in [0.717, 1.165) is 0 Å². The average molecular weight is 169 g/mol. The van der Waals surface area contributed by atoms with Gasteiger partial charge in [0.2, 0.25) is 0 Å². The Morgan fingerprint density at radius 2 is 2.17 bits per heavy atom. The molecule has 0 saturated carbocycles. The predicted molar refractivity (Wildman–Crippen MR) is 45.2 cm³/mol. The van der Waals surface area contributed by atoms with Crippen LogP contribution < -0.4 is 0 Å². The monoisotopic (exact) mass is 169 g/mol. The fourth-order valence-electron chi connectivity index (χ4n) is 0.772. The highest BCUT2D eigenvalue weighted by Gasteiger charge is 2.28. The van der Waals surface area contributed by atoms with Gasteiger partial charge in [0, 0.05) is 5.92 Å². The first-order valence-corrected chi connectivity index (χ1v) is 3.90. The standard InChI is InChI=1S/C9H15NO2/c1-7(6-10)9(2,3)5-8(11)12-4/h7H,5H2,1-4H3. The first kappa shape index (κ1) is 11.0. The largest absolute Gasteiger partial charge is 0.469 e. The average Bonchev–Trinajstić information content (AvgIpc) is 2.02. The van der Waals surface area contributed by atoms with Crippen LogP contribution in [0.3, 0.4) is 0 Å². The Hall–Kier alpha value is -1.04. The molecule has 68 valence electrons. The van der Waals surface area contributed by atoms with E-state index in [2.05, 4.69) is 10.8 Å². The lowest BCUT2D eigenvalue weighted by Crippen LogP contribution is -2.24. The number of hydrogen-bond acceptors (Lipinski definition) is 3. The first-order chi connectivity index (χ1) is 5.44. The summed E-state index contributed by atoms with van der Waals surface area (Å²) in [5.41, 5.74) is -0.304. The molecule has 0 aromatic rings. The van der Waals surface area contributed by atoms with E-state index in [4.69, 9.17) is 5.26 Å². The molecule has 3 nitrogen and oxygen atoms in total. The molecule has 0 heterocycles. The number of rotatable bonds is 3. The molecule has 1 atom stereocenters. The minimum atomic E-state index is -0.304. The van der Waals surface area contributed by atoms with Gasteiger partial charge < -0.3 is 4.74 Å². The van der Waals surface area contributed by atoms with Gasteiger partial charge in [0.15, 0.2) is 0 Å². The first-order valence-electron chi connectivity index (χ1n) is 3.90. The van der Waals surface area contributed by atoms with Crippen LogP contribution in [0.4, 0.5) is 0 Å². The number of methoxy groups -OCH3 is 1. The highest BCUT2D eigenvalue weighted by Crippen LogP contribution is 2.30. The molecule has 0 aromatic carbocycles. The Morgan fingerprint density at radius 1 is 1.67 bits per heavy atom. The number of carbonyl (C=O) groups is 1. The molecule has 0 aliphatic heterocycles. The maximum absolute atomic E-state index is 10.9. The molecule has 0 amide bonds. The number of ether oxygens (including phenoxy) is 1. The molecule has 0 saturated heterocycles. The third-order valence-corrected chi connectivity index (χ3v) is 2.19. The van der Waals surface area contributed by atoms with Gasteiger partial charge in [-0.15, -0.1) is 0 Å². The summed E-state index contributed by atoms with van der Waals surface area (Å²) in [5, 5.41) is 8.65. The summed E-state index contributed by atoms with van der Waals surface area (Å²) >= 11 is 0. The van der Waals surface area contributed by atoms with Crippen molar-refractivity contribution in [2.45, 2.75) is 27.2 Å². The Labute approximate surface area is 73.3 Å². The van der Waals surface area contributed by atoms with Crippen LogP contribution in [0.25, 0.3) is 0 Å². The molecule has 0 aliphatic carbocycles. The van der Waals surface area contributed by atoms with Crippen LogP contribution in [0.1, 0.15) is 27.2 Å². The van der Waals surface area contributed by atoms with Crippen molar-refractivity contribution in [2.24, 2.45) is 11.3 Å². The van der Waals surface area contributed by atoms with Crippen LogP contribution >= 0.6 is 0 Å². The van der Waals surface area contributed by atoms with E-state index in [-0.39, 0.29) is 23.7 Å². The molecule has 0 radical (unpaired) electrons. The molecule has 1 unspecified atom stereocenters. The lowest BCUT2D eigenvalue weighted by atomic mass is 9.78. The van der Waals surface area contributed by atoms with Gasteiger partial charge in [0.1, 0.15) is 0 Å².